The zero-order valence-electron chi connectivity index (χ0n) is 57.0. The Morgan fingerprint density at radius 1 is 0.160 bits per heavy atom. The summed E-state index contributed by atoms with van der Waals surface area (Å²) in [5, 5.41) is 10.1. The molecule has 0 amide bonds. The van der Waals surface area contributed by atoms with Crippen LogP contribution in [0.4, 0.5) is 0 Å². The van der Waals surface area contributed by atoms with Gasteiger partial charge >= 0.3 is 0 Å². The van der Waals surface area contributed by atoms with Gasteiger partial charge in [0.1, 0.15) is 0 Å². The van der Waals surface area contributed by atoms with Crippen LogP contribution in [0.5, 0.6) is 0 Å². The molecule has 0 fully saturated rings. The summed E-state index contributed by atoms with van der Waals surface area (Å²) in [7, 11) is 0. The van der Waals surface area contributed by atoms with E-state index in [1.807, 2.05) is 120 Å². The van der Waals surface area contributed by atoms with Crippen molar-refractivity contribution in [2.45, 2.75) is 0 Å². The molecule has 496 valence electrons. The molecule has 0 saturated heterocycles. The maximum absolute atomic E-state index is 5.10. The number of para-hydroxylation sites is 2. The van der Waals surface area contributed by atoms with Crippen LogP contribution in [0, 0.1) is 0 Å². The second-order valence-corrected chi connectivity index (χ2v) is 28.7. The number of hydrogen-bond donors (Lipinski definition) is 0. The normalized spacial score (nSPS) is 11.6. The van der Waals surface area contributed by atoms with Crippen molar-refractivity contribution in [1.29, 1.82) is 0 Å². The third-order valence-corrected chi connectivity index (χ3v) is 22.4. The van der Waals surface area contributed by atoms with Crippen molar-refractivity contribution < 1.29 is 0 Å². The van der Waals surface area contributed by atoms with Gasteiger partial charge in [0.25, 0.3) is 0 Å². The van der Waals surface area contributed by atoms with E-state index in [0.717, 1.165) is 61.4 Å². The SMILES string of the molecule is c1ccc(-c2ccc(-c3nc(-c4ccccc4)nc(-c4cccc(-n5c6ccccc6c6cc(-c7ccc8sc9ccccc9c8c7)ccc65)c4)n3)cc2)cc1.c1ccc(-c2nc(-c3ccccc3)nc(-c3ccc(-n4c5ccccc5c5cc(-c6ccc7sc8ccccc8c7c6)ccc54)cc3)n2)cc1. The zero-order valence-corrected chi connectivity index (χ0v) is 58.7. The van der Waals surface area contributed by atoms with Crippen molar-refractivity contribution >= 4 is 107 Å². The van der Waals surface area contributed by atoms with E-state index >= 15 is 0 Å². The van der Waals surface area contributed by atoms with Gasteiger partial charge in [-0.3, -0.25) is 0 Å². The van der Waals surface area contributed by atoms with Gasteiger partial charge in [-0.2, -0.15) is 0 Å². The van der Waals surface area contributed by atoms with Crippen LogP contribution >= 0.6 is 22.7 Å². The van der Waals surface area contributed by atoms with Gasteiger partial charge in [-0.1, -0.05) is 255 Å². The highest BCUT2D eigenvalue weighted by Gasteiger charge is 2.21. The van der Waals surface area contributed by atoms with Crippen LogP contribution in [-0.4, -0.2) is 39.0 Å². The first kappa shape index (κ1) is 62.2. The number of fused-ring (bicyclic) bond motifs is 12. The van der Waals surface area contributed by atoms with E-state index in [4.69, 9.17) is 29.9 Å². The first-order valence-corrected chi connectivity index (χ1v) is 37.1. The van der Waals surface area contributed by atoms with Gasteiger partial charge in [-0.05, 0) is 143 Å². The molecule has 21 rings (SSSR count). The fourth-order valence-corrected chi connectivity index (χ4v) is 17.1. The summed E-state index contributed by atoms with van der Waals surface area (Å²) in [6.07, 6.45) is 0. The van der Waals surface area contributed by atoms with Crippen molar-refractivity contribution in [3.05, 3.63) is 364 Å². The summed E-state index contributed by atoms with van der Waals surface area (Å²) in [5.41, 5.74) is 19.6. The molecule has 106 heavy (non-hydrogen) atoms. The van der Waals surface area contributed by atoms with E-state index < -0.39 is 0 Å². The third kappa shape index (κ3) is 11.3. The number of thiophene rings is 2. The average Bonchev–Trinajstić information content (AvgIpc) is 1.59. The topological polar surface area (TPSA) is 87.2 Å². The van der Waals surface area contributed by atoms with E-state index in [1.54, 1.807) is 0 Å². The lowest BCUT2D eigenvalue weighted by atomic mass is 10.0. The molecule has 10 heteroatoms. The molecule has 6 aromatic heterocycles. The van der Waals surface area contributed by atoms with E-state index in [1.165, 1.54) is 101 Å². The van der Waals surface area contributed by atoms with Gasteiger partial charge in [0.05, 0.1) is 22.1 Å². The van der Waals surface area contributed by atoms with Crippen LogP contribution < -0.4 is 0 Å². The summed E-state index contributed by atoms with van der Waals surface area (Å²) in [6.45, 7) is 0. The lowest BCUT2D eigenvalue weighted by Crippen LogP contribution is -2.01. The summed E-state index contributed by atoms with van der Waals surface area (Å²) in [4.78, 5) is 29.9. The van der Waals surface area contributed by atoms with Gasteiger partial charge in [0, 0.05) is 107 Å². The van der Waals surface area contributed by atoms with E-state index in [0.29, 0.717) is 34.9 Å². The lowest BCUT2D eigenvalue weighted by Gasteiger charge is -2.12. The predicted molar refractivity (Wildman–Crippen MR) is 443 cm³/mol. The molecular formula is C96H60N8S2. The molecule has 0 aliphatic rings. The highest BCUT2D eigenvalue weighted by molar-refractivity contribution is 7.26. The summed E-state index contributed by atoms with van der Waals surface area (Å²) in [5.74, 6) is 3.86. The van der Waals surface area contributed by atoms with E-state index in [9.17, 15) is 0 Å². The largest absolute Gasteiger partial charge is 0.309 e. The Bertz CT molecular complexity index is 6870. The molecule has 0 aliphatic heterocycles. The number of nitrogens with zero attached hydrogens (tertiary/aromatic N) is 8. The Hall–Kier alpha value is -13.6. The summed E-state index contributed by atoms with van der Waals surface area (Å²) in [6, 6.07) is 128. The average molecular weight is 1390 g/mol. The predicted octanol–water partition coefficient (Wildman–Crippen LogP) is 25.7. The smallest absolute Gasteiger partial charge is 0.164 e. The van der Waals surface area contributed by atoms with Crippen LogP contribution in [0.15, 0.2) is 364 Å². The van der Waals surface area contributed by atoms with Gasteiger partial charge in [-0.25, -0.2) is 29.9 Å². The molecule has 0 aliphatic carbocycles. The first-order valence-electron chi connectivity index (χ1n) is 35.5. The standard InChI is InChI=1S/C51H32N4S.C45H28N4S/c1-3-12-33(13-4-1)34-22-24-36(25-23-34)50-52-49(35-14-5-2-6-15-35)53-51(54-50)39-16-11-17-40(30-39)55-45-20-9-7-18-41(45)43-31-37(26-28-46(43)55)38-27-29-48-44(32-38)42-19-8-10-21-47(42)56-48;1-3-11-29(12-4-1)43-46-44(30-13-5-2-6-14-30)48-45(47-43)31-19-23-34(24-20-31)49-39-17-9-7-15-35(39)37-27-32(21-25-40(37)49)33-22-26-42-38(28-33)36-16-8-10-18-41(36)50-42/h1-32H;1-28H. The minimum Gasteiger partial charge on any atom is -0.309 e. The van der Waals surface area contributed by atoms with Crippen LogP contribution in [0.3, 0.4) is 0 Å². The molecule has 0 unspecified atom stereocenters. The number of benzene rings is 15. The van der Waals surface area contributed by atoms with Crippen LogP contribution in [0.25, 0.3) is 197 Å². The molecule has 0 atom stereocenters. The zero-order chi connectivity index (χ0) is 70.0. The summed E-state index contributed by atoms with van der Waals surface area (Å²) >= 11 is 3.71. The fourth-order valence-electron chi connectivity index (χ4n) is 14.9. The number of aromatic nitrogens is 8. The molecule has 15 aromatic carbocycles. The Kier molecular flexibility index (Phi) is 15.4. The maximum Gasteiger partial charge on any atom is 0.164 e. The molecule has 0 N–H and O–H groups in total. The van der Waals surface area contributed by atoms with Crippen molar-refractivity contribution in [1.82, 2.24) is 39.0 Å². The van der Waals surface area contributed by atoms with Gasteiger partial charge in [0.2, 0.25) is 0 Å². The highest BCUT2D eigenvalue weighted by atomic mass is 32.1. The molecule has 0 radical (unpaired) electrons. The minimum atomic E-state index is 0.627. The fraction of sp³-hybridized carbons (Fsp3) is 0. The molecule has 0 spiro atoms. The van der Waals surface area contributed by atoms with Crippen molar-refractivity contribution in [2.75, 3.05) is 0 Å². The molecule has 0 saturated carbocycles. The number of rotatable bonds is 11. The quantitative estimate of drug-likeness (QED) is 0.128. The van der Waals surface area contributed by atoms with Crippen LogP contribution in [-0.2, 0) is 0 Å². The van der Waals surface area contributed by atoms with Gasteiger partial charge in [-0.15, -0.1) is 22.7 Å². The van der Waals surface area contributed by atoms with Gasteiger partial charge < -0.3 is 9.13 Å². The Morgan fingerprint density at radius 3 is 0.887 bits per heavy atom. The lowest BCUT2D eigenvalue weighted by molar-refractivity contribution is 1.07. The van der Waals surface area contributed by atoms with E-state index in [-0.39, 0.29) is 0 Å². The molecule has 8 nitrogen and oxygen atoms in total. The monoisotopic (exact) mass is 1390 g/mol. The second kappa shape index (κ2) is 26.3. The maximum atomic E-state index is 5.10. The van der Waals surface area contributed by atoms with Crippen molar-refractivity contribution in [3.63, 3.8) is 0 Å². The molecule has 0 bridgehead atoms. The van der Waals surface area contributed by atoms with E-state index in [2.05, 4.69) is 276 Å². The van der Waals surface area contributed by atoms with Crippen molar-refractivity contribution in [3.8, 4) is 113 Å². The van der Waals surface area contributed by atoms with Crippen LogP contribution in [0.1, 0.15) is 0 Å². The summed E-state index contributed by atoms with van der Waals surface area (Å²) < 4.78 is 9.99. The molecule has 6 heterocycles. The van der Waals surface area contributed by atoms with Gasteiger partial charge in [0.15, 0.2) is 34.9 Å². The van der Waals surface area contributed by atoms with Crippen LogP contribution in [0.2, 0.25) is 0 Å². The Balaban J connectivity index is 0.000000141. The highest BCUT2D eigenvalue weighted by Crippen LogP contribution is 2.43. The second-order valence-electron chi connectivity index (χ2n) is 26.5. The Morgan fingerprint density at radius 2 is 0.443 bits per heavy atom. The van der Waals surface area contributed by atoms with Crippen molar-refractivity contribution in [2.24, 2.45) is 0 Å². The Labute approximate surface area is 618 Å². The minimum absolute atomic E-state index is 0.627. The molecular weight excluding hydrogens is 1330 g/mol. The number of hydrogen-bond acceptors (Lipinski definition) is 8. The third-order valence-electron chi connectivity index (χ3n) is 20.1. The first-order chi connectivity index (χ1) is 52.5. The molecule has 21 aromatic rings.